The molecule has 2 aliphatic rings. The average molecular weight is 463 g/mol. The summed E-state index contributed by atoms with van der Waals surface area (Å²) >= 11 is 0. The van der Waals surface area contributed by atoms with Crippen molar-refractivity contribution in [3.05, 3.63) is 36.8 Å². The molecule has 11 nitrogen and oxygen atoms in total. The van der Waals surface area contributed by atoms with E-state index in [1.165, 1.54) is 0 Å². The number of pyridine rings is 1. The maximum absolute atomic E-state index is 5.99. The Morgan fingerprint density at radius 2 is 1.56 bits per heavy atom. The lowest BCUT2D eigenvalue weighted by Gasteiger charge is -2.33. The van der Waals surface area contributed by atoms with Gasteiger partial charge in [-0.25, -0.2) is 19.9 Å². The van der Waals surface area contributed by atoms with E-state index in [2.05, 4.69) is 58.8 Å². The van der Waals surface area contributed by atoms with E-state index in [-0.39, 0.29) is 5.95 Å². The van der Waals surface area contributed by atoms with E-state index in [4.69, 9.17) is 10.5 Å². The summed E-state index contributed by atoms with van der Waals surface area (Å²) in [5.41, 5.74) is 8.39. The Kier molecular flexibility index (Phi) is 6.37. The summed E-state index contributed by atoms with van der Waals surface area (Å²) in [6, 6.07) is 6.03. The minimum Gasteiger partial charge on any atom is -0.378 e. The number of hydrogen-bond donors (Lipinski definition) is 1. The number of likely N-dealkylation sites (N-methyl/N-ethyl adjacent to an activating group) is 1. The highest BCUT2D eigenvalue weighted by atomic mass is 16.5. The molecule has 2 N–H and O–H groups in total. The molecular weight excluding hydrogens is 432 g/mol. The predicted octanol–water partition coefficient (Wildman–Crippen LogP) is 1.27. The van der Waals surface area contributed by atoms with Gasteiger partial charge in [-0.3, -0.25) is 0 Å². The van der Waals surface area contributed by atoms with Gasteiger partial charge >= 0.3 is 0 Å². The molecule has 2 fully saturated rings. The standard InChI is InChI=1S/C23H30N10O/c1-30-5-7-32(8-6-30)20-4-3-18(16-25-20)31(2)23-26-14-17(15-27-23)19-13-21(29-22(24)28-19)33-9-11-34-12-10-33/h3-4,13-16H,5-12H2,1-2H3,(H2,24,28,29). The second kappa shape index (κ2) is 9.74. The Hall–Kier alpha value is -3.57. The van der Waals surface area contributed by atoms with Crippen molar-refractivity contribution in [3.8, 4) is 11.3 Å². The van der Waals surface area contributed by atoms with Gasteiger partial charge in [0, 0.05) is 70.3 Å². The number of hydrogen-bond acceptors (Lipinski definition) is 11. The van der Waals surface area contributed by atoms with Crippen molar-refractivity contribution in [2.24, 2.45) is 0 Å². The average Bonchev–Trinajstić information content (AvgIpc) is 2.89. The maximum atomic E-state index is 5.99. The summed E-state index contributed by atoms with van der Waals surface area (Å²) in [7, 11) is 4.08. The molecule has 5 rings (SSSR count). The lowest BCUT2D eigenvalue weighted by atomic mass is 10.2. The predicted molar refractivity (Wildman–Crippen MR) is 133 cm³/mol. The lowest BCUT2D eigenvalue weighted by Crippen LogP contribution is -2.44. The van der Waals surface area contributed by atoms with E-state index >= 15 is 0 Å². The second-order valence-electron chi connectivity index (χ2n) is 8.56. The number of nitrogens with zero attached hydrogens (tertiary/aromatic N) is 9. The zero-order valence-corrected chi connectivity index (χ0v) is 19.6. The van der Waals surface area contributed by atoms with Crippen LogP contribution in [0.2, 0.25) is 0 Å². The fourth-order valence-corrected chi connectivity index (χ4v) is 4.10. The van der Waals surface area contributed by atoms with Crippen LogP contribution in [0.3, 0.4) is 0 Å². The van der Waals surface area contributed by atoms with Crippen molar-refractivity contribution in [3.63, 3.8) is 0 Å². The molecule has 0 saturated carbocycles. The van der Waals surface area contributed by atoms with Crippen LogP contribution >= 0.6 is 0 Å². The van der Waals surface area contributed by atoms with Gasteiger partial charge in [-0.05, 0) is 19.2 Å². The van der Waals surface area contributed by atoms with Crippen molar-refractivity contribution in [2.75, 3.05) is 87.0 Å². The molecule has 3 aromatic heterocycles. The fourth-order valence-electron chi connectivity index (χ4n) is 4.10. The highest BCUT2D eigenvalue weighted by Crippen LogP contribution is 2.25. The van der Waals surface area contributed by atoms with E-state index < -0.39 is 0 Å². The number of piperazine rings is 1. The van der Waals surface area contributed by atoms with E-state index in [0.29, 0.717) is 24.9 Å². The Morgan fingerprint density at radius 3 is 2.24 bits per heavy atom. The summed E-state index contributed by atoms with van der Waals surface area (Å²) in [6.45, 7) is 6.98. The van der Waals surface area contributed by atoms with Crippen LogP contribution in [-0.2, 0) is 4.74 Å². The van der Waals surface area contributed by atoms with Crippen molar-refractivity contribution in [1.29, 1.82) is 0 Å². The second-order valence-corrected chi connectivity index (χ2v) is 8.56. The van der Waals surface area contributed by atoms with Crippen LogP contribution in [0.15, 0.2) is 36.8 Å². The van der Waals surface area contributed by atoms with E-state index in [0.717, 1.165) is 62.2 Å². The molecule has 0 amide bonds. The summed E-state index contributed by atoms with van der Waals surface area (Å²) in [6.07, 6.45) is 5.39. The van der Waals surface area contributed by atoms with Crippen LogP contribution in [0.4, 0.5) is 29.2 Å². The minimum atomic E-state index is 0.228. The normalized spacial score (nSPS) is 17.1. The number of aromatic nitrogens is 5. The largest absolute Gasteiger partial charge is 0.378 e. The van der Waals surface area contributed by atoms with E-state index in [1.54, 1.807) is 12.4 Å². The first-order valence-electron chi connectivity index (χ1n) is 11.5. The molecular formula is C23H30N10O. The van der Waals surface area contributed by atoms with Gasteiger partial charge in [0.15, 0.2) is 0 Å². The molecule has 0 atom stereocenters. The Balaban J connectivity index is 1.30. The van der Waals surface area contributed by atoms with Gasteiger partial charge in [0.2, 0.25) is 11.9 Å². The third-order valence-electron chi connectivity index (χ3n) is 6.25. The molecule has 5 heterocycles. The zero-order chi connectivity index (χ0) is 23.5. The van der Waals surface area contributed by atoms with Crippen molar-refractivity contribution in [2.45, 2.75) is 0 Å². The Labute approximate surface area is 199 Å². The van der Waals surface area contributed by atoms with Crippen LogP contribution in [0.25, 0.3) is 11.3 Å². The molecule has 2 aliphatic heterocycles. The monoisotopic (exact) mass is 462 g/mol. The smallest absolute Gasteiger partial charge is 0.229 e. The third-order valence-corrected chi connectivity index (χ3v) is 6.25. The number of anilines is 5. The number of rotatable bonds is 5. The van der Waals surface area contributed by atoms with Crippen LogP contribution in [0.1, 0.15) is 0 Å². The molecule has 0 spiro atoms. The first-order chi connectivity index (χ1) is 16.6. The van der Waals surface area contributed by atoms with Crippen molar-refractivity contribution < 1.29 is 4.74 Å². The summed E-state index contributed by atoms with van der Waals surface area (Å²) < 4.78 is 5.43. The zero-order valence-electron chi connectivity index (χ0n) is 19.6. The number of nitrogens with two attached hydrogens (primary N) is 1. The number of ether oxygens (including phenoxy) is 1. The van der Waals surface area contributed by atoms with Crippen LogP contribution in [0.5, 0.6) is 0 Å². The van der Waals surface area contributed by atoms with Gasteiger partial charge in [-0.2, -0.15) is 4.98 Å². The van der Waals surface area contributed by atoms with Gasteiger partial charge in [-0.15, -0.1) is 0 Å². The first-order valence-corrected chi connectivity index (χ1v) is 11.5. The lowest BCUT2D eigenvalue weighted by molar-refractivity contribution is 0.122. The van der Waals surface area contributed by atoms with Crippen molar-refractivity contribution >= 4 is 29.2 Å². The Morgan fingerprint density at radius 1 is 0.853 bits per heavy atom. The number of nitrogen functional groups attached to an aromatic ring is 1. The highest BCUT2D eigenvalue weighted by molar-refractivity contribution is 5.65. The topological polar surface area (TPSA) is 113 Å². The molecule has 0 radical (unpaired) electrons. The summed E-state index contributed by atoms with van der Waals surface area (Å²) in [5.74, 6) is 2.59. The van der Waals surface area contributed by atoms with Crippen molar-refractivity contribution in [1.82, 2.24) is 29.8 Å². The SMILES string of the molecule is CN1CCN(c2ccc(N(C)c3ncc(-c4cc(N5CCOCC5)nc(N)n4)cn3)cn2)CC1. The molecule has 3 aromatic rings. The first kappa shape index (κ1) is 22.2. The molecule has 34 heavy (non-hydrogen) atoms. The van der Waals surface area contributed by atoms with Gasteiger partial charge in [0.25, 0.3) is 0 Å². The van der Waals surface area contributed by atoms with Gasteiger partial charge in [0.05, 0.1) is 30.8 Å². The Bertz CT molecular complexity index is 1090. The molecule has 0 aromatic carbocycles. The van der Waals surface area contributed by atoms with E-state index in [9.17, 15) is 0 Å². The number of morpholine rings is 1. The molecule has 0 aliphatic carbocycles. The molecule has 2 saturated heterocycles. The third kappa shape index (κ3) is 4.85. The molecule has 0 bridgehead atoms. The quantitative estimate of drug-likeness (QED) is 0.591. The fraction of sp³-hybridized carbons (Fsp3) is 0.435. The van der Waals surface area contributed by atoms with Gasteiger partial charge in [-0.1, -0.05) is 0 Å². The van der Waals surface area contributed by atoms with Crippen LogP contribution < -0.4 is 20.4 Å². The molecule has 178 valence electrons. The highest BCUT2D eigenvalue weighted by Gasteiger charge is 2.17. The van der Waals surface area contributed by atoms with Crippen LogP contribution in [-0.4, -0.2) is 96.4 Å². The molecule has 11 heteroatoms. The van der Waals surface area contributed by atoms with Crippen LogP contribution in [0, 0.1) is 0 Å². The summed E-state index contributed by atoms with van der Waals surface area (Å²) in [5, 5.41) is 0. The minimum absolute atomic E-state index is 0.228. The van der Waals surface area contributed by atoms with Gasteiger partial charge in [0.1, 0.15) is 11.6 Å². The van der Waals surface area contributed by atoms with Gasteiger partial charge < -0.3 is 30.1 Å². The molecule has 0 unspecified atom stereocenters. The summed E-state index contributed by atoms with van der Waals surface area (Å²) in [4.78, 5) is 31.3. The van der Waals surface area contributed by atoms with E-state index in [1.807, 2.05) is 24.2 Å². The maximum Gasteiger partial charge on any atom is 0.229 e.